The molecule has 1 aromatic carbocycles. The highest BCUT2D eigenvalue weighted by atomic mass is 16.5. The van der Waals surface area contributed by atoms with E-state index in [0.29, 0.717) is 37.6 Å². The summed E-state index contributed by atoms with van der Waals surface area (Å²) >= 11 is 0. The van der Waals surface area contributed by atoms with Gasteiger partial charge < -0.3 is 25.7 Å². The molecule has 0 saturated heterocycles. The molecular formula is C22H30N6O2. The minimum Gasteiger partial charge on any atom is -0.382 e. The van der Waals surface area contributed by atoms with Crippen LogP contribution >= 0.6 is 0 Å². The van der Waals surface area contributed by atoms with Gasteiger partial charge in [-0.15, -0.1) is 0 Å². The molecule has 8 nitrogen and oxygen atoms in total. The van der Waals surface area contributed by atoms with Crippen molar-refractivity contribution >= 4 is 33.8 Å². The highest BCUT2D eigenvalue weighted by Crippen LogP contribution is 2.29. The topological polar surface area (TPSA) is 107 Å². The number of aromatic nitrogens is 3. The molecule has 1 saturated carbocycles. The number of amides is 2. The number of hydrogen-bond donors (Lipinski definition) is 3. The Kier molecular flexibility index (Phi) is 6.32. The van der Waals surface area contributed by atoms with E-state index in [2.05, 4.69) is 20.2 Å². The van der Waals surface area contributed by atoms with Gasteiger partial charge in [0, 0.05) is 31.1 Å². The first-order valence-electron chi connectivity index (χ1n) is 10.8. The van der Waals surface area contributed by atoms with Crippen molar-refractivity contribution < 1.29 is 9.53 Å². The van der Waals surface area contributed by atoms with E-state index in [1.165, 1.54) is 19.3 Å². The molecule has 4 rings (SSSR count). The van der Waals surface area contributed by atoms with Crippen LogP contribution in [0.5, 0.6) is 0 Å². The number of imidazole rings is 1. The quantitative estimate of drug-likeness (QED) is 0.554. The van der Waals surface area contributed by atoms with Gasteiger partial charge in [-0.2, -0.15) is 0 Å². The number of hydrogen-bond acceptors (Lipinski definition) is 5. The maximum absolute atomic E-state index is 12.3. The van der Waals surface area contributed by atoms with Crippen LogP contribution in [-0.2, 0) is 17.9 Å². The van der Waals surface area contributed by atoms with Crippen molar-refractivity contribution in [2.24, 2.45) is 0 Å². The molecule has 30 heavy (non-hydrogen) atoms. The Morgan fingerprint density at radius 2 is 2.03 bits per heavy atom. The number of rotatable bonds is 7. The SMILES string of the molecule is CCOCc1nc2c(N)nc3ccccc3c2n1CCNC(=O)NC1CCCCC1. The average molecular weight is 411 g/mol. The van der Waals surface area contributed by atoms with Crippen LogP contribution in [0.1, 0.15) is 44.9 Å². The maximum atomic E-state index is 12.3. The first kappa shape index (κ1) is 20.4. The predicted molar refractivity (Wildman–Crippen MR) is 118 cm³/mol. The number of anilines is 1. The standard InChI is InChI=1S/C22H30N6O2/c1-2-30-14-18-27-19-20(16-10-6-7-11-17(16)26-21(19)23)28(18)13-12-24-22(29)25-15-8-4-3-5-9-15/h6-7,10-11,15H,2-5,8-9,12-14H2,1H3,(H2,23,26)(H2,24,25,29). The Hall–Kier alpha value is -2.87. The largest absolute Gasteiger partial charge is 0.382 e. The monoisotopic (exact) mass is 410 g/mol. The van der Waals surface area contributed by atoms with Gasteiger partial charge >= 0.3 is 6.03 Å². The van der Waals surface area contributed by atoms with Crippen molar-refractivity contribution in [1.82, 2.24) is 25.2 Å². The predicted octanol–water partition coefficient (Wildman–Crippen LogP) is 3.34. The van der Waals surface area contributed by atoms with Gasteiger partial charge in [-0.05, 0) is 25.8 Å². The second-order valence-corrected chi connectivity index (χ2v) is 7.76. The number of para-hydroxylation sites is 1. The average Bonchev–Trinajstić information content (AvgIpc) is 3.12. The molecule has 160 valence electrons. The smallest absolute Gasteiger partial charge is 0.315 e. The van der Waals surface area contributed by atoms with Crippen LogP contribution in [0.2, 0.25) is 0 Å². The number of nitrogens with zero attached hydrogens (tertiary/aromatic N) is 3. The fourth-order valence-corrected chi connectivity index (χ4v) is 4.21. The van der Waals surface area contributed by atoms with E-state index < -0.39 is 0 Å². The number of fused-ring (bicyclic) bond motifs is 3. The molecule has 0 spiro atoms. The summed E-state index contributed by atoms with van der Waals surface area (Å²) in [5.74, 6) is 1.19. The van der Waals surface area contributed by atoms with E-state index in [0.717, 1.165) is 35.1 Å². The Morgan fingerprint density at radius 3 is 2.83 bits per heavy atom. The number of nitrogens with two attached hydrogens (primary N) is 1. The number of urea groups is 1. The molecule has 2 amide bonds. The molecule has 2 heterocycles. The summed E-state index contributed by atoms with van der Waals surface area (Å²) in [6.07, 6.45) is 5.78. The lowest BCUT2D eigenvalue weighted by Gasteiger charge is -2.23. The summed E-state index contributed by atoms with van der Waals surface area (Å²) in [6, 6.07) is 8.07. The van der Waals surface area contributed by atoms with Gasteiger partial charge in [0.05, 0.1) is 11.0 Å². The second kappa shape index (κ2) is 9.30. The van der Waals surface area contributed by atoms with Crippen LogP contribution in [0.15, 0.2) is 24.3 Å². The van der Waals surface area contributed by atoms with Crippen LogP contribution < -0.4 is 16.4 Å². The van der Waals surface area contributed by atoms with E-state index in [1.54, 1.807) is 0 Å². The zero-order valence-electron chi connectivity index (χ0n) is 17.5. The van der Waals surface area contributed by atoms with Crippen molar-refractivity contribution in [3.8, 4) is 0 Å². The highest BCUT2D eigenvalue weighted by Gasteiger charge is 2.18. The van der Waals surface area contributed by atoms with Crippen LogP contribution in [0, 0.1) is 0 Å². The first-order chi connectivity index (χ1) is 14.7. The summed E-state index contributed by atoms with van der Waals surface area (Å²) in [4.78, 5) is 21.5. The number of carbonyl (C=O) groups excluding carboxylic acids is 1. The molecule has 0 atom stereocenters. The van der Waals surface area contributed by atoms with E-state index in [-0.39, 0.29) is 12.1 Å². The third-order valence-electron chi connectivity index (χ3n) is 5.69. The molecule has 0 bridgehead atoms. The van der Waals surface area contributed by atoms with Gasteiger partial charge in [0.2, 0.25) is 0 Å². The number of nitrogen functional groups attached to an aromatic ring is 1. The minimum absolute atomic E-state index is 0.108. The van der Waals surface area contributed by atoms with Gasteiger partial charge in [-0.25, -0.2) is 14.8 Å². The second-order valence-electron chi connectivity index (χ2n) is 7.76. The molecule has 0 radical (unpaired) electrons. The van der Waals surface area contributed by atoms with Gasteiger partial charge in [0.15, 0.2) is 5.82 Å². The van der Waals surface area contributed by atoms with Crippen molar-refractivity contribution in [2.45, 2.75) is 58.2 Å². The molecule has 8 heteroatoms. The zero-order valence-corrected chi connectivity index (χ0v) is 17.5. The van der Waals surface area contributed by atoms with E-state index in [1.807, 2.05) is 31.2 Å². The summed E-state index contributed by atoms with van der Waals surface area (Å²) in [7, 11) is 0. The Balaban J connectivity index is 1.55. The fourth-order valence-electron chi connectivity index (χ4n) is 4.21. The molecule has 0 unspecified atom stereocenters. The van der Waals surface area contributed by atoms with E-state index in [9.17, 15) is 4.79 Å². The van der Waals surface area contributed by atoms with E-state index in [4.69, 9.17) is 15.5 Å². The van der Waals surface area contributed by atoms with Gasteiger partial charge in [-0.3, -0.25) is 0 Å². The molecule has 1 fully saturated rings. The molecule has 1 aliphatic carbocycles. The van der Waals surface area contributed by atoms with Crippen LogP contribution in [0.3, 0.4) is 0 Å². The lowest BCUT2D eigenvalue weighted by Crippen LogP contribution is -2.43. The number of nitrogens with one attached hydrogen (secondary N) is 2. The maximum Gasteiger partial charge on any atom is 0.315 e. The molecular weight excluding hydrogens is 380 g/mol. The van der Waals surface area contributed by atoms with Gasteiger partial charge in [-0.1, -0.05) is 37.5 Å². The summed E-state index contributed by atoms with van der Waals surface area (Å²) in [5, 5.41) is 7.08. The molecule has 3 aromatic rings. The van der Waals surface area contributed by atoms with Crippen molar-refractivity contribution in [1.29, 1.82) is 0 Å². The first-order valence-corrected chi connectivity index (χ1v) is 10.8. The molecule has 0 aliphatic heterocycles. The summed E-state index contributed by atoms with van der Waals surface area (Å²) in [6.45, 7) is 3.99. The van der Waals surface area contributed by atoms with Crippen molar-refractivity contribution in [2.75, 3.05) is 18.9 Å². The minimum atomic E-state index is -0.108. The number of ether oxygens (including phenoxy) is 1. The number of pyridine rings is 1. The van der Waals surface area contributed by atoms with E-state index >= 15 is 0 Å². The number of benzene rings is 1. The Morgan fingerprint density at radius 1 is 1.23 bits per heavy atom. The van der Waals surface area contributed by atoms with Crippen molar-refractivity contribution in [3.63, 3.8) is 0 Å². The van der Waals surface area contributed by atoms with Gasteiger partial charge in [0.1, 0.15) is 17.9 Å². The highest BCUT2D eigenvalue weighted by molar-refractivity contribution is 6.06. The normalized spacial score (nSPS) is 15.0. The number of carbonyl (C=O) groups is 1. The third kappa shape index (κ3) is 4.33. The van der Waals surface area contributed by atoms with Crippen LogP contribution in [-0.4, -0.2) is 39.8 Å². The lowest BCUT2D eigenvalue weighted by atomic mass is 9.96. The molecule has 1 aliphatic rings. The molecule has 4 N–H and O–H groups in total. The van der Waals surface area contributed by atoms with Gasteiger partial charge in [0.25, 0.3) is 0 Å². The summed E-state index contributed by atoms with van der Waals surface area (Å²) in [5.41, 5.74) is 8.64. The summed E-state index contributed by atoms with van der Waals surface area (Å²) < 4.78 is 7.71. The molecule has 2 aromatic heterocycles. The lowest BCUT2D eigenvalue weighted by molar-refractivity contribution is 0.126. The Labute approximate surface area is 176 Å². The van der Waals surface area contributed by atoms with Crippen LogP contribution in [0.4, 0.5) is 10.6 Å². The third-order valence-corrected chi connectivity index (χ3v) is 5.69. The fraction of sp³-hybridized carbons (Fsp3) is 0.500. The van der Waals surface area contributed by atoms with Crippen molar-refractivity contribution in [3.05, 3.63) is 30.1 Å². The van der Waals surface area contributed by atoms with Crippen LogP contribution in [0.25, 0.3) is 21.9 Å². The zero-order chi connectivity index (χ0) is 20.9. The Bertz CT molecular complexity index is 1030.